The van der Waals surface area contributed by atoms with Crippen LogP contribution in [-0.4, -0.2) is 32.9 Å². The highest BCUT2D eigenvalue weighted by molar-refractivity contribution is 6.12. The van der Waals surface area contributed by atoms with Crippen LogP contribution in [0.25, 0.3) is 10.8 Å². The molecule has 0 aliphatic carbocycles. The smallest absolute Gasteiger partial charge is 0.0768 e. The van der Waals surface area contributed by atoms with E-state index in [-0.39, 0.29) is 5.82 Å². The average Bonchev–Trinajstić information content (AvgIpc) is 2.46. The monoisotopic (exact) mass is 249 g/mol. The van der Waals surface area contributed by atoms with Gasteiger partial charge in [0.15, 0.2) is 0 Å². The topological polar surface area (TPSA) is 3.24 Å². The van der Waals surface area contributed by atoms with Crippen LogP contribution in [-0.2, 0) is 0 Å². The molecular formula is C17H20BN. The maximum Gasteiger partial charge on any atom is 0.0768 e. The molecule has 1 aliphatic rings. The standard InChI is InChI=1S/C17H20BN/c1-19-10-4-7-16(12-19)17(18)15-9-8-13-5-2-3-6-14(13)11-15/h2-3,5-6,8-9,11,16-17H,4,7,10,12H2,1H3/t16-,17-/m1/s1. The molecule has 96 valence electrons. The number of piperidine rings is 1. The van der Waals surface area contributed by atoms with E-state index in [2.05, 4.69) is 54.4 Å². The summed E-state index contributed by atoms with van der Waals surface area (Å²) in [6.45, 7) is 2.33. The molecule has 1 saturated heterocycles. The molecule has 2 aromatic carbocycles. The van der Waals surface area contributed by atoms with Crippen LogP contribution in [0, 0.1) is 5.92 Å². The first-order chi connectivity index (χ1) is 9.24. The highest BCUT2D eigenvalue weighted by atomic mass is 15.1. The molecular weight excluding hydrogens is 229 g/mol. The number of likely N-dealkylation sites (tertiary alicyclic amines) is 1. The van der Waals surface area contributed by atoms with Crippen molar-refractivity contribution < 1.29 is 0 Å². The minimum atomic E-state index is 0.160. The van der Waals surface area contributed by atoms with Gasteiger partial charge in [0.05, 0.1) is 7.85 Å². The molecule has 19 heavy (non-hydrogen) atoms. The second-order valence-electron chi connectivity index (χ2n) is 5.80. The molecule has 0 saturated carbocycles. The Hall–Kier alpha value is -1.28. The summed E-state index contributed by atoms with van der Waals surface area (Å²) >= 11 is 0. The maximum atomic E-state index is 6.50. The lowest BCUT2D eigenvalue weighted by molar-refractivity contribution is 0.205. The highest BCUT2D eigenvalue weighted by Crippen LogP contribution is 2.30. The van der Waals surface area contributed by atoms with Crippen LogP contribution in [0.15, 0.2) is 42.5 Å². The molecule has 2 heteroatoms. The molecule has 2 aromatic rings. The number of fused-ring (bicyclic) bond motifs is 1. The number of rotatable bonds is 2. The van der Waals surface area contributed by atoms with Crippen LogP contribution in [0.1, 0.15) is 24.2 Å². The summed E-state index contributed by atoms with van der Waals surface area (Å²) in [6.07, 6.45) is 2.51. The van der Waals surface area contributed by atoms with Crippen LogP contribution >= 0.6 is 0 Å². The van der Waals surface area contributed by atoms with E-state index < -0.39 is 0 Å². The van der Waals surface area contributed by atoms with Crippen LogP contribution < -0.4 is 0 Å². The van der Waals surface area contributed by atoms with Crippen molar-refractivity contribution in [1.82, 2.24) is 4.90 Å². The first-order valence-corrected chi connectivity index (χ1v) is 7.17. The van der Waals surface area contributed by atoms with Gasteiger partial charge in [-0.3, -0.25) is 0 Å². The molecule has 0 bridgehead atoms. The second-order valence-corrected chi connectivity index (χ2v) is 5.80. The van der Waals surface area contributed by atoms with Gasteiger partial charge in [0.2, 0.25) is 0 Å². The lowest BCUT2D eigenvalue weighted by Crippen LogP contribution is -2.35. The minimum Gasteiger partial charge on any atom is -0.306 e. The third-order valence-electron chi connectivity index (χ3n) is 4.33. The molecule has 3 rings (SSSR count). The summed E-state index contributed by atoms with van der Waals surface area (Å²) < 4.78 is 0. The van der Waals surface area contributed by atoms with E-state index in [1.807, 2.05) is 0 Å². The SMILES string of the molecule is [B][C@H](c1ccc2ccccc2c1)[C@@H]1CCCN(C)C1. The van der Waals surface area contributed by atoms with Crippen molar-refractivity contribution in [3.05, 3.63) is 48.0 Å². The predicted molar refractivity (Wildman–Crippen MR) is 82.7 cm³/mol. The Morgan fingerprint density at radius 1 is 1.16 bits per heavy atom. The van der Waals surface area contributed by atoms with Gasteiger partial charge in [-0.25, -0.2) is 0 Å². The quantitative estimate of drug-likeness (QED) is 0.737. The zero-order valence-corrected chi connectivity index (χ0v) is 11.5. The minimum absolute atomic E-state index is 0.160. The maximum absolute atomic E-state index is 6.50. The Balaban J connectivity index is 1.86. The van der Waals surface area contributed by atoms with E-state index in [1.165, 1.54) is 35.7 Å². The molecule has 1 heterocycles. The number of hydrogen-bond acceptors (Lipinski definition) is 1. The predicted octanol–water partition coefficient (Wildman–Crippen LogP) is 3.39. The summed E-state index contributed by atoms with van der Waals surface area (Å²) in [4.78, 5) is 2.40. The Morgan fingerprint density at radius 2 is 1.95 bits per heavy atom. The third kappa shape index (κ3) is 2.69. The van der Waals surface area contributed by atoms with Gasteiger partial charge < -0.3 is 4.90 Å². The van der Waals surface area contributed by atoms with Crippen molar-refractivity contribution in [1.29, 1.82) is 0 Å². The number of benzene rings is 2. The molecule has 0 aromatic heterocycles. The Bertz CT molecular complexity index is 566. The van der Waals surface area contributed by atoms with Crippen molar-refractivity contribution in [2.75, 3.05) is 20.1 Å². The fourth-order valence-electron chi connectivity index (χ4n) is 3.19. The Labute approximate surface area is 117 Å². The van der Waals surface area contributed by atoms with Crippen molar-refractivity contribution in [3.8, 4) is 0 Å². The lowest BCUT2D eigenvalue weighted by atomic mass is 9.69. The van der Waals surface area contributed by atoms with Gasteiger partial charge >= 0.3 is 0 Å². The first kappa shape index (κ1) is 12.7. The summed E-state index contributed by atoms with van der Waals surface area (Å²) in [7, 11) is 8.69. The van der Waals surface area contributed by atoms with Crippen LogP contribution in [0.5, 0.6) is 0 Å². The second kappa shape index (κ2) is 5.38. The van der Waals surface area contributed by atoms with Gasteiger partial charge in [0, 0.05) is 6.54 Å². The number of nitrogens with zero attached hydrogens (tertiary/aromatic N) is 1. The Kier molecular flexibility index (Phi) is 3.61. The largest absolute Gasteiger partial charge is 0.306 e. The van der Waals surface area contributed by atoms with E-state index in [4.69, 9.17) is 7.85 Å². The number of hydrogen-bond donors (Lipinski definition) is 0. The normalized spacial score (nSPS) is 22.5. The zero-order valence-electron chi connectivity index (χ0n) is 11.5. The molecule has 1 aliphatic heterocycles. The summed E-state index contributed by atoms with van der Waals surface area (Å²) in [6, 6.07) is 15.1. The van der Waals surface area contributed by atoms with E-state index in [0.29, 0.717) is 5.92 Å². The molecule has 1 fully saturated rings. The summed E-state index contributed by atoms with van der Waals surface area (Å²) in [5, 5.41) is 2.58. The van der Waals surface area contributed by atoms with Gasteiger partial charge in [-0.1, -0.05) is 48.0 Å². The van der Waals surface area contributed by atoms with Crippen molar-refractivity contribution in [2.24, 2.45) is 5.92 Å². The summed E-state index contributed by atoms with van der Waals surface area (Å²) in [5.74, 6) is 0.743. The van der Waals surface area contributed by atoms with E-state index >= 15 is 0 Å². The molecule has 2 radical (unpaired) electrons. The molecule has 0 amide bonds. The molecule has 0 N–H and O–H groups in total. The average molecular weight is 249 g/mol. The van der Waals surface area contributed by atoms with Gasteiger partial charge in [-0.2, -0.15) is 0 Å². The van der Waals surface area contributed by atoms with Crippen molar-refractivity contribution in [2.45, 2.75) is 18.7 Å². The molecule has 0 unspecified atom stereocenters. The van der Waals surface area contributed by atoms with Crippen molar-refractivity contribution >= 4 is 18.6 Å². The highest BCUT2D eigenvalue weighted by Gasteiger charge is 2.23. The Morgan fingerprint density at radius 3 is 2.74 bits per heavy atom. The van der Waals surface area contributed by atoms with Gasteiger partial charge in [0.1, 0.15) is 0 Å². The van der Waals surface area contributed by atoms with Crippen molar-refractivity contribution in [3.63, 3.8) is 0 Å². The fourth-order valence-corrected chi connectivity index (χ4v) is 3.19. The molecule has 0 spiro atoms. The van der Waals surface area contributed by atoms with Crippen LogP contribution in [0.4, 0.5) is 0 Å². The van der Waals surface area contributed by atoms with Gasteiger partial charge in [0.25, 0.3) is 0 Å². The molecule has 2 atom stereocenters. The lowest BCUT2D eigenvalue weighted by Gasteiger charge is -2.34. The van der Waals surface area contributed by atoms with Gasteiger partial charge in [-0.05, 0) is 48.9 Å². The van der Waals surface area contributed by atoms with Gasteiger partial charge in [-0.15, -0.1) is 0 Å². The van der Waals surface area contributed by atoms with E-state index in [9.17, 15) is 0 Å². The fraction of sp³-hybridized carbons (Fsp3) is 0.412. The first-order valence-electron chi connectivity index (χ1n) is 7.17. The van der Waals surface area contributed by atoms with E-state index in [0.717, 1.165) is 6.54 Å². The zero-order chi connectivity index (χ0) is 13.2. The van der Waals surface area contributed by atoms with Crippen LogP contribution in [0.3, 0.4) is 0 Å². The summed E-state index contributed by atoms with van der Waals surface area (Å²) in [5.41, 5.74) is 1.28. The van der Waals surface area contributed by atoms with E-state index in [1.54, 1.807) is 0 Å². The van der Waals surface area contributed by atoms with Crippen LogP contribution in [0.2, 0.25) is 0 Å². The molecule has 1 nitrogen and oxygen atoms in total. The third-order valence-corrected chi connectivity index (χ3v) is 4.33.